The molecule has 2 N–H and O–H groups in total. The maximum absolute atomic E-state index is 11.5. The molecule has 0 amide bonds. The Hall–Kier alpha value is -2.11. The van der Waals surface area contributed by atoms with E-state index in [0.717, 1.165) is 12.1 Å². The minimum Gasteiger partial charge on any atom is -0.381 e. The lowest BCUT2D eigenvalue weighted by Gasteiger charge is -2.07. The highest BCUT2D eigenvalue weighted by Crippen LogP contribution is 2.07. The molecule has 17 heavy (non-hydrogen) atoms. The molecule has 0 unspecified atom stereocenters. The average molecular weight is 233 g/mol. The number of hydrogen-bond donors (Lipinski definition) is 1. The van der Waals surface area contributed by atoms with Gasteiger partial charge in [-0.25, -0.2) is 4.68 Å². The van der Waals surface area contributed by atoms with E-state index in [4.69, 9.17) is 5.73 Å². The lowest BCUT2D eigenvalue weighted by molar-refractivity contribution is 0.497. The maximum Gasteiger partial charge on any atom is 0.250 e. The third-order valence-corrected chi connectivity index (χ3v) is 2.65. The topological polar surface area (TPSA) is 78.7 Å². The number of anilines is 1. The van der Waals surface area contributed by atoms with Gasteiger partial charge in [0.05, 0.1) is 12.2 Å². The van der Waals surface area contributed by atoms with Gasteiger partial charge in [-0.3, -0.25) is 4.79 Å². The number of aromatic nitrogens is 4. The third-order valence-electron chi connectivity index (χ3n) is 2.65. The van der Waals surface area contributed by atoms with E-state index in [0.29, 0.717) is 18.9 Å². The quantitative estimate of drug-likeness (QED) is 0.823. The van der Waals surface area contributed by atoms with Crippen LogP contribution < -0.4 is 11.3 Å². The van der Waals surface area contributed by atoms with E-state index in [1.54, 1.807) is 21.5 Å². The summed E-state index contributed by atoms with van der Waals surface area (Å²) in [6, 6.07) is 5.10. The first-order valence-corrected chi connectivity index (χ1v) is 5.55. The number of nitrogens with two attached hydrogens (primary N) is 1. The van der Waals surface area contributed by atoms with E-state index >= 15 is 0 Å². The Morgan fingerprint density at radius 3 is 2.88 bits per heavy atom. The van der Waals surface area contributed by atoms with Gasteiger partial charge < -0.3 is 10.3 Å². The van der Waals surface area contributed by atoms with Gasteiger partial charge in [0.2, 0.25) is 0 Å². The van der Waals surface area contributed by atoms with Gasteiger partial charge in [0, 0.05) is 18.8 Å². The molecule has 0 aromatic carbocycles. The average Bonchev–Trinajstić information content (AvgIpc) is 2.69. The highest BCUT2D eigenvalue weighted by Gasteiger charge is 2.07. The zero-order chi connectivity index (χ0) is 12.3. The molecular weight excluding hydrogens is 218 g/mol. The van der Waals surface area contributed by atoms with Crippen molar-refractivity contribution in [3.05, 3.63) is 40.4 Å². The van der Waals surface area contributed by atoms with Crippen LogP contribution in [-0.2, 0) is 19.5 Å². The summed E-state index contributed by atoms with van der Waals surface area (Å²) in [5, 5.41) is 7.78. The Kier molecular flexibility index (Phi) is 3.22. The van der Waals surface area contributed by atoms with Gasteiger partial charge in [0.25, 0.3) is 5.56 Å². The molecule has 2 aromatic heterocycles. The van der Waals surface area contributed by atoms with Crippen molar-refractivity contribution in [3.8, 4) is 0 Å². The monoisotopic (exact) mass is 233 g/mol. The predicted molar refractivity (Wildman–Crippen MR) is 64.5 cm³/mol. The van der Waals surface area contributed by atoms with E-state index < -0.39 is 0 Å². The molecule has 0 saturated heterocycles. The van der Waals surface area contributed by atoms with E-state index in [1.165, 1.54) is 6.07 Å². The summed E-state index contributed by atoms with van der Waals surface area (Å²) in [7, 11) is 0. The Morgan fingerprint density at radius 1 is 1.35 bits per heavy atom. The lowest BCUT2D eigenvalue weighted by atomic mass is 10.3. The highest BCUT2D eigenvalue weighted by molar-refractivity contribution is 5.32. The summed E-state index contributed by atoms with van der Waals surface area (Å²) < 4.78 is 3.38. The molecule has 2 rings (SSSR count). The van der Waals surface area contributed by atoms with Crippen molar-refractivity contribution in [1.82, 2.24) is 19.6 Å². The molecule has 6 nitrogen and oxygen atoms in total. The van der Waals surface area contributed by atoms with Crippen LogP contribution in [0, 0.1) is 0 Å². The van der Waals surface area contributed by atoms with Crippen molar-refractivity contribution in [2.45, 2.75) is 26.4 Å². The molecule has 0 aliphatic rings. The first-order chi connectivity index (χ1) is 8.22. The molecule has 0 fully saturated rings. The molecule has 0 aliphatic carbocycles. The second kappa shape index (κ2) is 4.82. The third kappa shape index (κ3) is 2.35. The Balaban J connectivity index is 2.13. The zero-order valence-electron chi connectivity index (χ0n) is 9.71. The van der Waals surface area contributed by atoms with E-state index in [-0.39, 0.29) is 5.56 Å². The number of aryl methyl sites for hydroxylation is 2. The number of nitrogens with zero attached hydrogens (tertiary/aromatic N) is 4. The number of nitrogen functional groups attached to an aromatic ring is 1. The second-order valence-corrected chi connectivity index (χ2v) is 3.73. The predicted octanol–water partition coefficient (Wildman–Crippen LogP) is 0.285. The van der Waals surface area contributed by atoms with Crippen LogP contribution >= 0.6 is 0 Å². The first-order valence-electron chi connectivity index (χ1n) is 5.55. The Morgan fingerprint density at radius 2 is 2.18 bits per heavy atom. The molecule has 0 aliphatic heterocycles. The fraction of sp³-hybridized carbons (Fsp3) is 0.364. The Labute approximate surface area is 98.7 Å². The molecular formula is C11H15N5O. The normalized spacial score (nSPS) is 10.6. The minimum absolute atomic E-state index is 0.0152. The van der Waals surface area contributed by atoms with Crippen LogP contribution in [0.25, 0.3) is 0 Å². The van der Waals surface area contributed by atoms with Gasteiger partial charge in [-0.1, -0.05) is 18.2 Å². The van der Waals surface area contributed by atoms with Crippen LogP contribution in [0.15, 0.2) is 29.2 Å². The molecule has 0 atom stereocenters. The SMILES string of the molecule is CCc1c(N)nnn1CCn1ccccc1=O. The molecule has 6 heteroatoms. The number of pyridine rings is 1. The smallest absolute Gasteiger partial charge is 0.250 e. The molecule has 2 heterocycles. The van der Waals surface area contributed by atoms with Gasteiger partial charge in [0.15, 0.2) is 5.82 Å². The second-order valence-electron chi connectivity index (χ2n) is 3.73. The van der Waals surface area contributed by atoms with Gasteiger partial charge in [-0.05, 0) is 12.5 Å². The molecule has 0 bridgehead atoms. The minimum atomic E-state index is -0.0152. The standard InChI is InChI=1S/C11H15N5O/c1-2-9-11(12)13-14-16(9)8-7-15-6-4-3-5-10(15)17/h3-6H,2,7-8,12H2,1H3. The number of rotatable bonds is 4. The van der Waals surface area contributed by atoms with Crippen molar-refractivity contribution in [2.75, 3.05) is 5.73 Å². The van der Waals surface area contributed by atoms with Gasteiger partial charge in [0.1, 0.15) is 0 Å². The summed E-state index contributed by atoms with van der Waals surface area (Å²) in [4.78, 5) is 11.5. The molecule has 0 spiro atoms. The number of hydrogen-bond acceptors (Lipinski definition) is 4. The lowest BCUT2D eigenvalue weighted by Crippen LogP contribution is -2.21. The van der Waals surface area contributed by atoms with E-state index in [2.05, 4.69) is 10.3 Å². The summed E-state index contributed by atoms with van der Waals surface area (Å²) in [5.74, 6) is 0.466. The van der Waals surface area contributed by atoms with Gasteiger partial charge in [-0.15, -0.1) is 5.10 Å². The van der Waals surface area contributed by atoms with Crippen LogP contribution in [0.4, 0.5) is 5.82 Å². The summed E-state index contributed by atoms with van der Waals surface area (Å²) >= 11 is 0. The van der Waals surface area contributed by atoms with Crippen LogP contribution in [0.2, 0.25) is 0 Å². The summed E-state index contributed by atoms with van der Waals surface area (Å²) in [6.07, 6.45) is 2.54. The molecule has 0 radical (unpaired) electrons. The molecule has 2 aromatic rings. The molecule has 0 saturated carbocycles. The van der Waals surface area contributed by atoms with Crippen LogP contribution in [0.3, 0.4) is 0 Å². The van der Waals surface area contributed by atoms with Crippen molar-refractivity contribution in [1.29, 1.82) is 0 Å². The van der Waals surface area contributed by atoms with E-state index in [9.17, 15) is 4.79 Å². The van der Waals surface area contributed by atoms with Crippen molar-refractivity contribution >= 4 is 5.82 Å². The van der Waals surface area contributed by atoms with Gasteiger partial charge in [-0.2, -0.15) is 0 Å². The first kappa shape index (κ1) is 11.4. The largest absolute Gasteiger partial charge is 0.381 e. The van der Waals surface area contributed by atoms with Crippen LogP contribution in [0.5, 0.6) is 0 Å². The van der Waals surface area contributed by atoms with Crippen molar-refractivity contribution in [3.63, 3.8) is 0 Å². The zero-order valence-corrected chi connectivity index (χ0v) is 9.71. The van der Waals surface area contributed by atoms with Crippen LogP contribution in [-0.4, -0.2) is 19.6 Å². The summed E-state index contributed by atoms with van der Waals surface area (Å²) in [6.45, 7) is 3.16. The Bertz CT molecular complexity index is 557. The van der Waals surface area contributed by atoms with Crippen LogP contribution in [0.1, 0.15) is 12.6 Å². The van der Waals surface area contributed by atoms with E-state index in [1.807, 2.05) is 13.0 Å². The highest BCUT2D eigenvalue weighted by atomic mass is 16.1. The van der Waals surface area contributed by atoms with Gasteiger partial charge >= 0.3 is 0 Å². The maximum atomic E-state index is 11.5. The van der Waals surface area contributed by atoms with Crippen molar-refractivity contribution < 1.29 is 0 Å². The summed E-state index contributed by atoms with van der Waals surface area (Å²) in [5.41, 5.74) is 6.58. The molecule has 90 valence electrons. The fourth-order valence-corrected chi connectivity index (χ4v) is 1.74. The van der Waals surface area contributed by atoms with Crippen molar-refractivity contribution in [2.24, 2.45) is 0 Å². The fourth-order valence-electron chi connectivity index (χ4n) is 1.74.